The molecule has 0 saturated heterocycles. The number of hydrogen-bond donors (Lipinski definition) is 1. The molecule has 4 rings (SSSR count). The number of aromatic carboxylic acids is 1. The summed E-state index contributed by atoms with van der Waals surface area (Å²) in [7, 11) is 0. The van der Waals surface area contributed by atoms with Crippen LogP contribution in [-0.4, -0.2) is 16.9 Å². The average molecular weight is 423 g/mol. The van der Waals surface area contributed by atoms with Gasteiger partial charge in [-0.1, -0.05) is 29.8 Å². The lowest BCUT2D eigenvalue weighted by molar-refractivity contribution is 0.0696. The number of Topliss-reactive ketones (excluding diaryl/α,β-unsaturated/α-hetero) is 1. The lowest BCUT2D eigenvalue weighted by atomic mass is 10.1. The molecule has 3 aromatic rings. The Morgan fingerprint density at radius 1 is 1.10 bits per heavy atom. The third-order valence-corrected chi connectivity index (χ3v) is 5.19. The Bertz CT molecular complexity index is 1180. The molecule has 1 N–H and O–H groups in total. The third kappa shape index (κ3) is 4.11. The molecule has 0 unspecified atom stereocenters. The van der Waals surface area contributed by atoms with E-state index in [0.29, 0.717) is 28.9 Å². The van der Waals surface area contributed by atoms with Crippen LogP contribution in [0.3, 0.4) is 0 Å². The lowest BCUT2D eigenvalue weighted by Gasteiger charge is -2.08. The predicted octanol–water partition coefficient (Wildman–Crippen LogP) is 5.58. The van der Waals surface area contributed by atoms with Crippen molar-refractivity contribution < 1.29 is 23.8 Å². The van der Waals surface area contributed by atoms with E-state index < -0.39 is 11.8 Å². The molecule has 0 heterocycles. The van der Waals surface area contributed by atoms with Crippen molar-refractivity contribution in [3.8, 4) is 5.75 Å². The normalized spacial score (nSPS) is 14.1. The lowest BCUT2D eigenvalue weighted by Crippen LogP contribution is -1.99. The van der Waals surface area contributed by atoms with Crippen LogP contribution in [0.5, 0.6) is 5.75 Å². The zero-order chi connectivity index (χ0) is 21.3. The molecule has 0 atom stereocenters. The Labute approximate surface area is 177 Å². The van der Waals surface area contributed by atoms with E-state index in [1.807, 2.05) is 6.07 Å². The first-order valence-electron chi connectivity index (χ1n) is 9.19. The number of ether oxygens (including phenoxy) is 1. The van der Waals surface area contributed by atoms with Gasteiger partial charge in [-0.25, -0.2) is 9.18 Å². The highest BCUT2D eigenvalue weighted by molar-refractivity contribution is 6.30. The molecule has 150 valence electrons. The number of hydrogen-bond acceptors (Lipinski definition) is 3. The fraction of sp³-hybridized carbons (Fsp3) is 0.0833. The van der Waals surface area contributed by atoms with Crippen molar-refractivity contribution >= 4 is 29.4 Å². The largest absolute Gasteiger partial charge is 0.489 e. The summed E-state index contributed by atoms with van der Waals surface area (Å²) < 4.78 is 19.5. The maximum atomic E-state index is 13.7. The van der Waals surface area contributed by atoms with Crippen LogP contribution in [0.4, 0.5) is 4.39 Å². The van der Waals surface area contributed by atoms with Crippen LogP contribution in [0.15, 0.2) is 66.2 Å². The summed E-state index contributed by atoms with van der Waals surface area (Å²) in [6, 6.07) is 16.2. The SMILES string of the molecule is O=C(O)c1ccc(COc2ccc3c(c2)C/C(=C\c2ccc(Cl)c(F)c2)C3=O)cc1. The zero-order valence-electron chi connectivity index (χ0n) is 15.7. The summed E-state index contributed by atoms with van der Waals surface area (Å²) in [5.41, 5.74) is 3.66. The zero-order valence-corrected chi connectivity index (χ0v) is 16.4. The van der Waals surface area contributed by atoms with Crippen molar-refractivity contribution in [2.75, 3.05) is 0 Å². The van der Waals surface area contributed by atoms with Gasteiger partial charge in [0.1, 0.15) is 18.2 Å². The Balaban J connectivity index is 1.48. The summed E-state index contributed by atoms with van der Waals surface area (Å²) in [5, 5.41) is 8.99. The van der Waals surface area contributed by atoms with Gasteiger partial charge in [0, 0.05) is 17.6 Å². The van der Waals surface area contributed by atoms with E-state index in [-0.39, 0.29) is 23.0 Å². The quantitative estimate of drug-likeness (QED) is 0.545. The molecule has 0 radical (unpaired) electrons. The molecule has 0 saturated carbocycles. The summed E-state index contributed by atoms with van der Waals surface area (Å²) in [5.74, 6) is -0.976. The highest BCUT2D eigenvalue weighted by atomic mass is 35.5. The summed E-state index contributed by atoms with van der Waals surface area (Å²) in [6.07, 6.45) is 2.11. The molecule has 1 aliphatic carbocycles. The monoisotopic (exact) mass is 422 g/mol. The average Bonchev–Trinajstić information content (AvgIpc) is 3.04. The second-order valence-corrected chi connectivity index (χ2v) is 7.37. The van der Waals surface area contributed by atoms with Gasteiger partial charge in [0.25, 0.3) is 0 Å². The van der Waals surface area contributed by atoms with Gasteiger partial charge in [-0.05, 0) is 65.2 Å². The molecule has 0 spiro atoms. The van der Waals surface area contributed by atoms with Gasteiger partial charge in [-0.3, -0.25) is 4.79 Å². The molecule has 6 heteroatoms. The molecular weight excluding hydrogens is 407 g/mol. The number of fused-ring (bicyclic) bond motifs is 1. The number of rotatable bonds is 5. The Morgan fingerprint density at radius 2 is 1.87 bits per heavy atom. The van der Waals surface area contributed by atoms with E-state index in [4.69, 9.17) is 21.4 Å². The van der Waals surface area contributed by atoms with E-state index in [0.717, 1.165) is 11.1 Å². The number of allylic oxidation sites excluding steroid dienone is 1. The minimum Gasteiger partial charge on any atom is -0.489 e. The first kappa shape index (κ1) is 19.9. The van der Waals surface area contributed by atoms with Crippen molar-refractivity contribution in [2.45, 2.75) is 13.0 Å². The fourth-order valence-corrected chi connectivity index (χ4v) is 3.43. The molecule has 0 fully saturated rings. The smallest absolute Gasteiger partial charge is 0.335 e. The second-order valence-electron chi connectivity index (χ2n) is 6.96. The Kier molecular flexibility index (Phi) is 5.38. The summed E-state index contributed by atoms with van der Waals surface area (Å²) in [4.78, 5) is 23.6. The minimum absolute atomic E-state index is 0.0394. The van der Waals surface area contributed by atoms with Gasteiger partial charge < -0.3 is 9.84 Å². The second kappa shape index (κ2) is 8.13. The number of carboxylic acid groups (broad SMARTS) is 1. The van der Waals surface area contributed by atoms with Gasteiger partial charge in [-0.2, -0.15) is 0 Å². The molecule has 3 aromatic carbocycles. The number of ketones is 1. The van der Waals surface area contributed by atoms with Gasteiger partial charge >= 0.3 is 5.97 Å². The van der Waals surface area contributed by atoms with Crippen LogP contribution >= 0.6 is 11.6 Å². The van der Waals surface area contributed by atoms with E-state index in [9.17, 15) is 14.0 Å². The molecule has 1 aliphatic rings. The fourth-order valence-electron chi connectivity index (χ4n) is 3.32. The number of benzene rings is 3. The summed E-state index contributed by atoms with van der Waals surface area (Å²) in [6.45, 7) is 0.277. The number of carboxylic acids is 1. The van der Waals surface area contributed by atoms with Gasteiger partial charge in [-0.15, -0.1) is 0 Å². The van der Waals surface area contributed by atoms with Crippen molar-refractivity contribution in [3.05, 3.63) is 105 Å². The number of carbonyl (C=O) groups is 2. The number of carbonyl (C=O) groups excluding carboxylic acids is 1. The molecule has 30 heavy (non-hydrogen) atoms. The predicted molar refractivity (Wildman–Crippen MR) is 112 cm³/mol. The molecule has 0 bridgehead atoms. The van der Waals surface area contributed by atoms with Gasteiger partial charge in [0.15, 0.2) is 5.78 Å². The maximum absolute atomic E-state index is 13.7. The highest BCUT2D eigenvalue weighted by Gasteiger charge is 2.25. The van der Waals surface area contributed by atoms with Crippen molar-refractivity contribution in [1.29, 1.82) is 0 Å². The number of halogens is 2. The maximum Gasteiger partial charge on any atom is 0.335 e. The highest BCUT2D eigenvalue weighted by Crippen LogP contribution is 2.31. The van der Waals surface area contributed by atoms with Crippen LogP contribution in [0.2, 0.25) is 5.02 Å². The summed E-state index contributed by atoms with van der Waals surface area (Å²) >= 11 is 5.71. The third-order valence-electron chi connectivity index (χ3n) is 4.88. The van der Waals surface area contributed by atoms with Gasteiger partial charge in [0.05, 0.1) is 10.6 Å². The molecular formula is C24H16ClFO4. The van der Waals surface area contributed by atoms with Crippen LogP contribution < -0.4 is 4.74 Å². The van der Waals surface area contributed by atoms with Crippen LogP contribution in [-0.2, 0) is 13.0 Å². The molecule has 0 aliphatic heterocycles. The minimum atomic E-state index is -0.976. The molecule has 4 nitrogen and oxygen atoms in total. The van der Waals surface area contributed by atoms with Crippen LogP contribution in [0, 0.1) is 5.82 Å². The van der Waals surface area contributed by atoms with Crippen molar-refractivity contribution in [3.63, 3.8) is 0 Å². The Hall–Kier alpha value is -3.44. The van der Waals surface area contributed by atoms with E-state index >= 15 is 0 Å². The first-order chi connectivity index (χ1) is 14.4. The van der Waals surface area contributed by atoms with Crippen molar-refractivity contribution in [1.82, 2.24) is 0 Å². The van der Waals surface area contributed by atoms with E-state index in [2.05, 4.69) is 0 Å². The molecule has 0 aromatic heterocycles. The van der Waals surface area contributed by atoms with Gasteiger partial charge in [0.2, 0.25) is 0 Å². The van der Waals surface area contributed by atoms with Crippen LogP contribution in [0.1, 0.15) is 37.4 Å². The molecule has 0 amide bonds. The van der Waals surface area contributed by atoms with Crippen LogP contribution in [0.25, 0.3) is 6.08 Å². The standard InChI is InChI=1S/C24H16ClFO4/c25-21-8-3-15(10-22(21)26)9-18-11-17-12-19(6-7-20(17)23(18)27)30-13-14-1-4-16(5-2-14)24(28)29/h1-10,12H,11,13H2,(H,28,29)/b18-9+. The van der Waals surface area contributed by atoms with E-state index in [1.165, 1.54) is 24.3 Å². The topological polar surface area (TPSA) is 63.6 Å². The van der Waals surface area contributed by atoms with Crippen molar-refractivity contribution in [2.24, 2.45) is 0 Å². The van der Waals surface area contributed by atoms with E-state index in [1.54, 1.807) is 36.4 Å². The Morgan fingerprint density at radius 3 is 2.57 bits per heavy atom. The first-order valence-corrected chi connectivity index (χ1v) is 9.57.